The summed E-state index contributed by atoms with van der Waals surface area (Å²) in [5.41, 5.74) is 5.63. The number of nitrogens with one attached hydrogen (secondary N) is 2. The molecular formula is C28H37N9O2. The van der Waals surface area contributed by atoms with Crippen molar-refractivity contribution in [3.05, 3.63) is 53.4 Å². The van der Waals surface area contributed by atoms with Crippen LogP contribution in [0.5, 0.6) is 0 Å². The van der Waals surface area contributed by atoms with E-state index in [1.54, 1.807) is 19.0 Å². The Bertz CT molecular complexity index is 1390. The van der Waals surface area contributed by atoms with Gasteiger partial charge in [-0.2, -0.15) is 10.1 Å². The number of aromatic nitrogens is 4. The van der Waals surface area contributed by atoms with Crippen LogP contribution in [0.1, 0.15) is 34.8 Å². The van der Waals surface area contributed by atoms with Crippen molar-refractivity contribution in [3.8, 4) is 0 Å². The van der Waals surface area contributed by atoms with Crippen LogP contribution in [-0.2, 0) is 22.6 Å². The summed E-state index contributed by atoms with van der Waals surface area (Å²) < 4.78 is 0. The van der Waals surface area contributed by atoms with Gasteiger partial charge in [0.2, 0.25) is 17.8 Å². The normalized spacial score (nSPS) is 17.7. The molecule has 2 amide bonds. The molecule has 5 rings (SSSR count). The molecule has 2 aromatic heterocycles. The summed E-state index contributed by atoms with van der Waals surface area (Å²) in [5, 5.41) is 11.8. The number of anilines is 2. The number of hydrogen-bond acceptors (Lipinski definition) is 8. The van der Waals surface area contributed by atoms with E-state index in [4.69, 9.17) is 9.97 Å². The minimum absolute atomic E-state index is 0.0429. The number of piperazine rings is 1. The Morgan fingerprint density at radius 3 is 2.69 bits per heavy atom. The predicted octanol–water partition coefficient (Wildman–Crippen LogP) is 2.12. The Balaban J connectivity index is 1.47. The zero-order chi connectivity index (χ0) is 27.7. The third-order valence-corrected chi connectivity index (χ3v) is 7.80. The van der Waals surface area contributed by atoms with Crippen LogP contribution in [0.3, 0.4) is 0 Å². The van der Waals surface area contributed by atoms with Gasteiger partial charge in [0.15, 0.2) is 0 Å². The maximum Gasteiger partial charge on any atom is 0.246 e. The van der Waals surface area contributed by atoms with E-state index in [9.17, 15) is 9.59 Å². The summed E-state index contributed by atoms with van der Waals surface area (Å²) >= 11 is 0. The minimum Gasteiger partial charge on any atom is -0.354 e. The highest BCUT2D eigenvalue weighted by Crippen LogP contribution is 2.39. The predicted molar refractivity (Wildman–Crippen MR) is 152 cm³/mol. The van der Waals surface area contributed by atoms with Crippen molar-refractivity contribution in [3.63, 3.8) is 0 Å². The first-order valence-corrected chi connectivity index (χ1v) is 13.4. The van der Waals surface area contributed by atoms with Gasteiger partial charge in [0.25, 0.3) is 0 Å². The first kappa shape index (κ1) is 26.6. The van der Waals surface area contributed by atoms with Gasteiger partial charge in [0.05, 0.1) is 17.4 Å². The Morgan fingerprint density at radius 2 is 1.97 bits per heavy atom. The van der Waals surface area contributed by atoms with Gasteiger partial charge in [-0.05, 0) is 37.2 Å². The third-order valence-electron chi connectivity index (χ3n) is 7.80. The first-order valence-electron chi connectivity index (χ1n) is 13.4. The number of hydrogen-bond donors (Lipinski definition) is 2. The maximum absolute atomic E-state index is 12.1. The number of rotatable bonds is 7. The molecule has 39 heavy (non-hydrogen) atoms. The van der Waals surface area contributed by atoms with Crippen molar-refractivity contribution < 1.29 is 9.59 Å². The molecule has 1 fully saturated rings. The van der Waals surface area contributed by atoms with E-state index < -0.39 is 0 Å². The van der Waals surface area contributed by atoms with E-state index in [2.05, 4.69) is 58.0 Å². The summed E-state index contributed by atoms with van der Waals surface area (Å²) in [6.07, 6.45) is 4.37. The van der Waals surface area contributed by atoms with Gasteiger partial charge in [-0.25, -0.2) is 4.98 Å². The van der Waals surface area contributed by atoms with E-state index in [0.29, 0.717) is 51.6 Å². The number of amides is 2. The SMILES string of the molecule is C=CC(=O)N1CCN(c2nc(NCCC(=O)N(C)C)nc3c2CN(C)C(c2c(C)ccc4[nH]ncc24)C3)CC1. The Labute approximate surface area is 228 Å². The third kappa shape index (κ3) is 5.31. The van der Waals surface area contributed by atoms with Crippen molar-refractivity contribution in [2.75, 3.05) is 64.1 Å². The van der Waals surface area contributed by atoms with Crippen LogP contribution >= 0.6 is 0 Å². The molecule has 4 heterocycles. The van der Waals surface area contributed by atoms with Crippen LogP contribution in [0.15, 0.2) is 31.0 Å². The molecule has 1 unspecified atom stereocenters. The van der Waals surface area contributed by atoms with Crippen molar-refractivity contribution >= 4 is 34.5 Å². The highest BCUT2D eigenvalue weighted by Gasteiger charge is 2.33. The molecular weight excluding hydrogens is 494 g/mol. The van der Waals surface area contributed by atoms with Crippen LogP contribution < -0.4 is 10.2 Å². The Hall–Kier alpha value is -3.99. The van der Waals surface area contributed by atoms with E-state index in [-0.39, 0.29) is 17.9 Å². The monoisotopic (exact) mass is 531 g/mol. The van der Waals surface area contributed by atoms with Crippen LogP contribution in [0.2, 0.25) is 0 Å². The molecule has 0 radical (unpaired) electrons. The molecule has 0 bridgehead atoms. The number of benzene rings is 1. The molecule has 206 valence electrons. The van der Waals surface area contributed by atoms with Crippen LogP contribution in [0.25, 0.3) is 10.9 Å². The number of likely N-dealkylation sites (N-methyl/N-ethyl adjacent to an activating group) is 1. The van der Waals surface area contributed by atoms with Gasteiger partial charge in [-0.15, -0.1) is 0 Å². The van der Waals surface area contributed by atoms with E-state index in [1.165, 1.54) is 17.2 Å². The maximum atomic E-state index is 12.1. The lowest BCUT2D eigenvalue weighted by Crippen LogP contribution is -2.49. The average molecular weight is 532 g/mol. The Kier molecular flexibility index (Phi) is 7.51. The van der Waals surface area contributed by atoms with Crippen LogP contribution in [0, 0.1) is 6.92 Å². The fourth-order valence-electron chi connectivity index (χ4n) is 5.57. The van der Waals surface area contributed by atoms with E-state index in [0.717, 1.165) is 34.4 Å². The largest absolute Gasteiger partial charge is 0.354 e. The molecule has 2 aliphatic rings. The van der Waals surface area contributed by atoms with Gasteiger partial charge in [0, 0.05) is 83.2 Å². The molecule has 0 aliphatic carbocycles. The quantitative estimate of drug-likeness (QED) is 0.446. The lowest BCUT2D eigenvalue weighted by Gasteiger charge is -2.39. The summed E-state index contributed by atoms with van der Waals surface area (Å²) in [6, 6.07) is 4.35. The number of H-pyrrole nitrogens is 1. The summed E-state index contributed by atoms with van der Waals surface area (Å²) in [7, 11) is 5.66. The Morgan fingerprint density at radius 1 is 1.21 bits per heavy atom. The van der Waals surface area contributed by atoms with E-state index >= 15 is 0 Å². The molecule has 0 spiro atoms. The molecule has 1 saturated heterocycles. The fraction of sp³-hybridized carbons (Fsp3) is 0.464. The first-order chi connectivity index (χ1) is 18.8. The number of fused-ring (bicyclic) bond motifs is 2. The molecule has 3 aromatic rings. The second kappa shape index (κ2) is 11.0. The highest BCUT2D eigenvalue weighted by atomic mass is 16.2. The summed E-state index contributed by atoms with van der Waals surface area (Å²) in [4.78, 5) is 42.2. The van der Waals surface area contributed by atoms with Gasteiger partial charge in [-0.3, -0.25) is 19.6 Å². The standard InChI is InChI=1S/C28H37N9O2/c1-6-24(38)36-11-13-37(14-12-36)27-20-17-35(5)23(26-18(2)7-8-21-19(26)16-30-33-21)15-22(20)31-28(32-27)29-10-9-25(39)34(3)4/h6-8,16,23H,1,9-15,17H2,2-5H3,(H,30,33)(H,29,31,32). The van der Waals surface area contributed by atoms with Crippen LogP contribution in [-0.4, -0.2) is 101 Å². The molecule has 1 atom stereocenters. The zero-order valence-corrected chi connectivity index (χ0v) is 23.2. The number of aryl methyl sites for hydroxylation is 1. The van der Waals surface area contributed by atoms with Crippen molar-refractivity contribution in [2.45, 2.75) is 32.4 Å². The molecule has 1 aromatic carbocycles. The second-order valence-electron chi connectivity index (χ2n) is 10.5. The number of nitrogens with zero attached hydrogens (tertiary/aromatic N) is 7. The molecule has 11 nitrogen and oxygen atoms in total. The molecule has 0 saturated carbocycles. The van der Waals surface area contributed by atoms with Gasteiger partial charge < -0.3 is 20.0 Å². The van der Waals surface area contributed by atoms with Crippen molar-refractivity contribution in [1.29, 1.82) is 0 Å². The minimum atomic E-state index is -0.0429. The number of carbonyl (C=O) groups is 2. The summed E-state index contributed by atoms with van der Waals surface area (Å²) in [6.45, 7) is 9.52. The zero-order valence-electron chi connectivity index (χ0n) is 23.2. The summed E-state index contributed by atoms with van der Waals surface area (Å²) in [5.74, 6) is 1.44. The van der Waals surface area contributed by atoms with Gasteiger partial charge in [-0.1, -0.05) is 12.6 Å². The fourth-order valence-corrected chi connectivity index (χ4v) is 5.57. The van der Waals surface area contributed by atoms with Crippen molar-refractivity contribution in [1.82, 2.24) is 34.9 Å². The van der Waals surface area contributed by atoms with E-state index in [1.807, 2.05) is 11.1 Å². The molecule has 2 N–H and O–H groups in total. The highest BCUT2D eigenvalue weighted by molar-refractivity contribution is 5.87. The van der Waals surface area contributed by atoms with Crippen LogP contribution in [0.4, 0.5) is 11.8 Å². The smallest absolute Gasteiger partial charge is 0.246 e. The van der Waals surface area contributed by atoms with Gasteiger partial charge in [0.1, 0.15) is 5.82 Å². The second-order valence-corrected chi connectivity index (χ2v) is 10.5. The lowest BCUT2D eigenvalue weighted by molar-refractivity contribution is -0.128. The molecule has 2 aliphatic heterocycles. The lowest BCUT2D eigenvalue weighted by atomic mass is 9.89. The average Bonchev–Trinajstić information content (AvgIpc) is 3.41. The number of carbonyl (C=O) groups excluding carboxylic acids is 2. The number of aromatic amines is 1. The molecule has 11 heteroatoms. The van der Waals surface area contributed by atoms with Gasteiger partial charge >= 0.3 is 0 Å². The van der Waals surface area contributed by atoms with Crippen molar-refractivity contribution in [2.24, 2.45) is 0 Å². The topological polar surface area (TPSA) is 114 Å².